The van der Waals surface area contributed by atoms with E-state index >= 15 is 0 Å². The Morgan fingerprint density at radius 1 is 1.41 bits per heavy atom. The summed E-state index contributed by atoms with van der Waals surface area (Å²) in [6, 6.07) is 0. The molecule has 1 rings (SSSR count). The van der Waals surface area contributed by atoms with Gasteiger partial charge in [0.2, 0.25) is 0 Å². The molecule has 17 heavy (non-hydrogen) atoms. The Labute approximate surface area is 104 Å². The molecule has 1 N–H and O–H groups in total. The van der Waals surface area contributed by atoms with Crippen LogP contribution in [0.1, 0.15) is 59.3 Å². The van der Waals surface area contributed by atoms with Gasteiger partial charge in [0.15, 0.2) is 0 Å². The van der Waals surface area contributed by atoms with Crippen molar-refractivity contribution in [1.82, 2.24) is 15.0 Å². The van der Waals surface area contributed by atoms with Crippen LogP contribution in [0.3, 0.4) is 0 Å². The third-order valence-electron chi connectivity index (χ3n) is 2.88. The minimum absolute atomic E-state index is 0.308. The Morgan fingerprint density at radius 3 is 2.59 bits per heavy atom. The largest absolute Gasteiger partial charge is 0.387 e. The molecule has 2 unspecified atom stereocenters. The van der Waals surface area contributed by atoms with Crippen LogP contribution in [0.2, 0.25) is 0 Å². The zero-order chi connectivity index (χ0) is 13.1. The van der Waals surface area contributed by atoms with E-state index in [4.69, 9.17) is 0 Å². The van der Waals surface area contributed by atoms with Crippen molar-refractivity contribution in [3.63, 3.8) is 0 Å². The first-order valence-corrected chi connectivity index (χ1v) is 6.40. The predicted molar refractivity (Wildman–Crippen MR) is 68.5 cm³/mol. The van der Waals surface area contributed by atoms with Gasteiger partial charge in [-0.25, -0.2) is 4.68 Å². The molecule has 0 saturated carbocycles. The lowest BCUT2D eigenvalue weighted by Gasteiger charge is -2.24. The van der Waals surface area contributed by atoms with Gasteiger partial charge in [-0.3, -0.25) is 0 Å². The van der Waals surface area contributed by atoms with Crippen molar-refractivity contribution in [2.45, 2.75) is 60.1 Å². The van der Waals surface area contributed by atoms with E-state index in [2.05, 4.69) is 38.0 Å². The van der Waals surface area contributed by atoms with Gasteiger partial charge in [-0.1, -0.05) is 32.9 Å². The van der Waals surface area contributed by atoms with Crippen molar-refractivity contribution >= 4 is 0 Å². The van der Waals surface area contributed by atoms with Crippen LogP contribution >= 0.6 is 0 Å². The van der Waals surface area contributed by atoms with E-state index in [1.807, 2.05) is 6.92 Å². The lowest BCUT2D eigenvalue weighted by molar-refractivity contribution is 0.125. The molecule has 0 aromatic carbocycles. The van der Waals surface area contributed by atoms with Gasteiger partial charge in [0, 0.05) is 6.54 Å². The number of nitrogens with zero attached hydrogens (tertiary/aromatic N) is 3. The minimum Gasteiger partial charge on any atom is -0.387 e. The maximum atomic E-state index is 10.2. The zero-order valence-corrected chi connectivity index (χ0v) is 11.6. The highest BCUT2D eigenvalue weighted by Crippen LogP contribution is 2.30. The first-order valence-electron chi connectivity index (χ1n) is 6.40. The lowest BCUT2D eigenvalue weighted by atomic mass is 9.83. The number of aliphatic hydroxyl groups is 1. The van der Waals surface area contributed by atoms with E-state index in [0.717, 1.165) is 25.1 Å². The summed E-state index contributed by atoms with van der Waals surface area (Å²) in [5.74, 6) is 0.491. The fourth-order valence-corrected chi connectivity index (χ4v) is 2.40. The van der Waals surface area contributed by atoms with Gasteiger partial charge in [-0.05, 0) is 31.1 Å². The summed E-state index contributed by atoms with van der Waals surface area (Å²) in [5, 5.41) is 18.0. The monoisotopic (exact) mass is 239 g/mol. The highest BCUT2D eigenvalue weighted by molar-refractivity contribution is 4.99. The summed E-state index contributed by atoms with van der Waals surface area (Å²) < 4.78 is 1.76. The topological polar surface area (TPSA) is 50.9 Å². The summed E-state index contributed by atoms with van der Waals surface area (Å²) in [7, 11) is 0. The normalized spacial score (nSPS) is 15.9. The third kappa shape index (κ3) is 4.46. The summed E-state index contributed by atoms with van der Waals surface area (Å²) in [5.41, 5.74) is 1.14. The van der Waals surface area contributed by atoms with Gasteiger partial charge in [0.1, 0.15) is 0 Å². The van der Waals surface area contributed by atoms with E-state index in [9.17, 15) is 5.11 Å². The molecular formula is C13H25N3O. The van der Waals surface area contributed by atoms with Gasteiger partial charge >= 0.3 is 0 Å². The summed E-state index contributed by atoms with van der Waals surface area (Å²) in [4.78, 5) is 0. The highest BCUT2D eigenvalue weighted by Gasteiger charge is 2.20. The lowest BCUT2D eigenvalue weighted by Crippen LogP contribution is -2.15. The van der Waals surface area contributed by atoms with Crippen LogP contribution in [-0.2, 0) is 6.54 Å². The van der Waals surface area contributed by atoms with Crippen molar-refractivity contribution in [2.24, 2.45) is 11.3 Å². The van der Waals surface area contributed by atoms with Gasteiger partial charge in [-0.15, -0.1) is 5.10 Å². The zero-order valence-electron chi connectivity index (χ0n) is 11.6. The Kier molecular flexibility index (Phi) is 4.69. The summed E-state index contributed by atoms with van der Waals surface area (Å²) in [6.07, 6.45) is 3.09. The maximum absolute atomic E-state index is 10.2. The van der Waals surface area contributed by atoms with Crippen LogP contribution in [0.25, 0.3) is 0 Å². The van der Waals surface area contributed by atoms with E-state index in [0.29, 0.717) is 11.3 Å². The van der Waals surface area contributed by atoms with Crippen molar-refractivity contribution < 1.29 is 5.11 Å². The van der Waals surface area contributed by atoms with Crippen LogP contribution in [0.15, 0.2) is 6.20 Å². The molecule has 1 heterocycles. The van der Waals surface area contributed by atoms with Crippen LogP contribution in [0.5, 0.6) is 0 Å². The molecule has 0 radical (unpaired) electrons. The molecule has 0 aliphatic carbocycles. The average molecular weight is 239 g/mol. The Morgan fingerprint density at radius 2 is 2.06 bits per heavy atom. The van der Waals surface area contributed by atoms with Crippen LogP contribution < -0.4 is 0 Å². The average Bonchev–Trinajstić information content (AvgIpc) is 2.61. The van der Waals surface area contributed by atoms with Crippen LogP contribution in [-0.4, -0.2) is 20.1 Å². The predicted octanol–water partition coefficient (Wildman–Crippen LogP) is 2.79. The number of aryl methyl sites for hydroxylation is 1. The number of hydrogen-bond acceptors (Lipinski definition) is 3. The quantitative estimate of drug-likeness (QED) is 0.859. The molecule has 0 aliphatic rings. The second-order valence-corrected chi connectivity index (χ2v) is 6.10. The van der Waals surface area contributed by atoms with E-state index in [1.54, 1.807) is 10.9 Å². The summed E-state index contributed by atoms with van der Waals surface area (Å²) in [6.45, 7) is 11.6. The van der Waals surface area contributed by atoms with Crippen molar-refractivity contribution in [3.8, 4) is 0 Å². The second kappa shape index (κ2) is 5.63. The molecule has 4 heteroatoms. The first-order chi connectivity index (χ1) is 7.83. The van der Waals surface area contributed by atoms with Crippen LogP contribution in [0, 0.1) is 11.3 Å². The fourth-order valence-electron chi connectivity index (χ4n) is 2.40. The molecule has 4 nitrogen and oxygen atoms in total. The molecule has 2 atom stereocenters. The summed E-state index contributed by atoms with van der Waals surface area (Å²) >= 11 is 0. The molecule has 0 aliphatic heterocycles. The van der Waals surface area contributed by atoms with Gasteiger partial charge in [0.05, 0.1) is 18.0 Å². The third-order valence-corrected chi connectivity index (χ3v) is 2.88. The molecule has 0 bridgehead atoms. The van der Waals surface area contributed by atoms with E-state index < -0.39 is 6.10 Å². The van der Waals surface area contributed by atoms with Crippen molar-refractivity contribution in [1.29, 1.82) is 0 Å². The molecule has 98 valence electrons. The molecular weight excluding hydrogens is 214 g/mol. The number of hydrogen-bond donors (Lipinski definition) is 1. The Bertz CT molecular complexity index is 341. The molecule has 1 aromatic heterocycles. The minimum atomic E-state index is -0.456. The molecule has 0 spiro atoms. The van der Waals surface area contributed by atoms with Crippen molar-refractivity contribution in [3.05, 3.63) is 11.9 Å². The fraction of sp³-hybridized carbons (Fsp3) is 0.846. The first kappa shape index (κ1) is 14.2. The number of rotatable bonds is 5. The van der Waals surface area contributed by atoms with E-state index in [1.165, 1.54) is 0 Å². The standard InChI is InChI=1S/C13H25N3O/c1-6-16-11(9-14-15-16)12(17)7-10(2)8-13(3,4)5/h9-10,12,17H,6-8H2,1-5H3. The number of aliphatic hydroxyl groups excluding tert-OH is 1. The molecule has 0 amide bonds. The van der Waals surface area contributed by atoms with Gasteiger partial charge in [-0.2, -0.15) is 0 Å². The van der Waals surface area contributed by atoms with Gasteiger partial charge < -0.3 is 5.11 Å². The molecule has 1 aromatic rings. The second-order valence-electron chi connectivity index (χ2n) is 6.10. The van der Waals surface area contributed by atoms with Crippen molar-refractivity contribution in [2.75, 3.05) is 0 Å². The smallest absolute Gasteiger partial charge is 0.0975 e. The Balaban J connectivity index is 2.57. The molecule has 0 saturated heterocycles. The highest BCUT2D eigenvalue weighted by atomic mass is 16.3. The molecule has 0 fully saturated rings. The van der Waals surface area contributed by atoms with E-state index in [-0.39, 0.29) is 0 Å². The SMILES string of the molecule is CCn1nncc1C(O)CC(C)CC(C)(C)C. The van der Waals surface area contributed by atoms with Crippen LogP contribution in [0.4, 0.5) is 0 Å². The van der Waals surface area contributed by atoms with Gasteiger partial charge in [0.25, 0.3) is 0 Å². The Hall–Kier alpha value is -0.900. The number of aromatic nitrogens is 3. The maximum Gasteiger partial charge on any atom is 0.0975 e.